The maximum absolute atomic E-state index is 14.3. The number of alkyl halides is 5. The molecule has 7 nitrogen and oxygen atoms in total. The Kier molecular flexibility index (Phi) is 7.32. The molecule has 3 aromatic rings. The molecule has 0 spiro atoms. The second-order valence-corrected chi connectivity index (χ2v) is 9.68. The number of hydrogen-bond acceptors (Lipinski definition) is 7. The first-order valence-corrected chi connectivity index (χ1v) is 12.1. The summed E-state index contributed by atoms with van der Waals surface area (Å²) in [7, 11) is 0. The standard InChI is InChI=1S/C23H24F5N5O2S/c1-22(35,23(26,27)28)19(25)10-30-21(34)13-9-29-20(8-17(13)33-15-4-2-3-14(15)24)32-12-5-6-16-18(7-12)36-11-31-16/h5-9,11,14-15,19,35H,2-4,10H2,1H3,(H,30,34)(H2,29,32,33). The Morgan fingerprint density at radius 1 is 1.25 bits per heavy atom. The molecule has 1 fully saturated rings. The number of benzene rings is 1. The minimum Gasteiger partial charge on any atom is -0.379 e. The average molecular weight is 530 g/mol. The number of aliphatic hydroxyl groups is 1. The first-order chi connectivity index (χ1) is 17.0. The molecule has 0 aliphatic heterocycles. The second kappa shape index (κ2) is 10.1. The highest BCUT2D eigenvalue weighted by atomic mass is 32.1. The molecule has 4 N–H and O–H groups in total. The third kappa shape index (κ3) is 5.51. The fraction of sp³-hybridized carbons (Fsp3) is 0.435. The lowest BCUT2D eigenvalue weighted by molar-refractivity contribution is -0.272. The number of hydrogen-bond donors (Lipinski definition) is 4. The van der Waals surface area contributed by atoms with Crippen molar-refractivity contribution in [2.24, 2.45) is 0 Å². The van der Waals surface area contributed by atoms with Gasteiger partial charge >= 0.3 is 6.18 Å². The number of halogens is 5. The smallest absolute Gasteiger partial charge is 0.379 e. The third-order valence-corrected chi connectivity index (χ3v) is 6.94. The van der Waals surface area contributed by atoms with Gasteiger partial charge in [-0.2, -0.15) is 13.2 Å². The first-order valence-electron chi connectivity index (χ1n) is 11.2. The number of rotatable bonds is 8. The van der Waals surface area contributed by atoms with Gasteiger partial charge in [0, 0.05) is 18.0 Å². The monoisotopic (exact) mass is 529 g/mol. The fourth-order valence-electron chi connectivity index (χ4n) is 3.84. The number of aromatic nitrogens is 2. The third-order valence-electron chi connectivity index (χ3n) is 6.15. The molecule has 1 amide bonds. The normalized spacial score (nSPS) is 20.6. The molecule has 36 heavy (non-hydrogen) atoms. The molecule has 1 aliphatic rings. The molecule has 194 valence electrons. The van der Waals surface area contributed by atoms with Crippen LogP contribution in [-0.4, -0.2) is 57.7 Å². The number of thiazole rings is 1. The van der Waals surface area contributed by atoms with Crippen molar-refractivity contribution in [1.82, 2.24) is 15.3 Å². The number of amides is 1. The van der Waals surface area contributed by atoms with Crippen molar-refractivity contribution in [2.75, 3.05) is 17.2 Å². The van der Waals surface area contributed by atoms with Crippen LogP contribution in [0.5, 0.6) is 0 Å². The van der Waals surface area contributed by atoms with Crippen LogP contribution in [0.1, 0.15) is 36.5 Å². The van der Waals surface area contributed by atoms with E-state index >= 15 is 0 Å². The molecular weight excluding hydrogens is 505 g/mol. The Morgan fingerprint density at radius 2 is 2.03 bits per heavy atom. The Bertz CT molecular complexity index is 1240. The highest BCUT2D eigenvalue weighted by molar-refractivity contribution is 7.16. The van der Waals surface area contributed by atoms with Gasteiger partial charge in [-0.25, -0.2) is 18.7 Å². The van der Waals surface area contributed by atoms with Gasteiger partial charge in [-0.3, -0.25) is 4.79 Å². The van der Waals surface area contributed by atoms with Gasteiger partial charge in [-0.1, -0.05) is 0 Å². The molecule has 4 rings (SSSR count). The average Bonchev–Trinajstić information content (AvgIpc) is 3.45. The number of fused-ring (bicyclic) bond motifs is 1. The van der Waals surface area contributed by atoms with E-state index < -0.39 is 42.6 Å². The number of nitrogens with zero attached hydrogens (tertiary/aromatic N) is 2. The molecule has 0 saturated heterocycles. The van der Waals surface area contributed by atoms with E-state index in [1.807, 2.05) is 12.1 Å². The summed E-state index contributed by atoms with van der Waals surface area (Å²) in [5.41, 5.74) is -0.307. The Labute approximate surface area is 207 Å². The highest BCUT2D eigenvalue weighted by Crippen LogP contribution is 2.34. The molecule has 0 bridgehead atoms. The predicted octanol–water partition coefficient (Wildman–Crippen LogP) is 5.12. The summed E-state index contributed by atoms with van der Waals surface area (Å²) < 4.78 is 68.0. The van der Waals surface area contributed by atoms with Gasteiger partial charge in [-0.15, -0.1) is 11.3 Å². The van der Waals surface area contributed by atoms with E-state index in [2.05, 4.69) is 25.9 Å². The van der Waals surface area contributed by atoms with E-state index in [1.165, 1.54) is 23.6 Å². The molecule has 1 saturated carbocycles. The minimum atomic E-state index is -5.22. The van der Waals surface area contributed by atoms with Gasteiger partial charge < -0.3 is 21.1 Å². The van der Waals surface area contributed by atoms with Crippen LogP contribution in [-0.2, 0) is 0 Å². The maximum Gasteiger partial charge on any atom is 0.419 e. The van der Waals surface area contributed by atoms with Crippen LogP contribution in [0.15, 0.2) is 36.0 Å². The molecule has 13 heteroatoms. The van der Waals surface area contributed by atoms with Crippen LogP contribution in [0.2, 0.25) is 0 Å². The highest BCUT2D eigenvalue weighted by Gasteiger charge is 2.55. The first kappa shape index (κ1) is 26.0. The van der Waals surface area contributed by atoms with Crippen LogP contribution in [0.3, 0.4) is 0 Å². The summed E-state index contributed by atoms with van der Waals surface area (Å²) in [5, 5.41) is 17.6. The molecular formula is C23H24F5N5O2S. The largest absolute Gasteiger partial charge is 0.419 e. The number of nitrogens with one attached hydrogen (secondary N) is 3. The van der Waals surface area contributed by atoms with E-state index in [9.17, 15) is 31.9 Å². The van der Waals surface area contributed by atoms with E-state index in [1.54, 1.807) is 11.6 Å². The van der Waals surface area contributed by atoms with Crippen LogP contribution in [0.25, 0.3) is 10.2 Å². The number of anilines is 3. The Morgan fingerprint density at radius 3 is 2.72 bits per heavy atom. The molecule has 2 aromatic heterocycles. The summed E-state index contributed by atoms with van der Waals surface area (Å²) in [6.45, 7) is -0.793. The summed E-state index contributed by atoms with van der Waals surface area (Å²) in [5.74, 6) is -0.591. The van der Waals surface area contributed by atoms with Gasteiger partial charge in [-0.05, 0) is 44.4 Å². The molecule has 1 aromatic carbocycles. The van der Waals surface area contributed by atoms with Gasteiger partial charge in [0.2, 0.25) is 0 Å². The lowest BCUT2D eigenvalue weighted by atomic mass is 9.99. The van der Waals surface area contributed by atoms with Crippen molar-refractivity contribution < 1.29 is 31.9 Å². The summed E-state index contributed by atoms with van der Waals surface area (Å²) in [6, 6.07) is 6.39. The number of pyridine rings is 1. The lowest BCUT2D eigenvalue weighted by Crippen LogP contribution is -2.54. The zero-order valence-corrected chi connectivity index (χ0v) is 19.9. The van der Waals surface area contributed by atoms with Crippen molar-refractivity contribution >= 4 is 44.7 Å². The fourth-order valence-corrected chi connectivity index (χ4v) is 4.55. The number of carbonyl (C=O) groups excluding carboxylic acids is 1. The zero-order chi connectivity index (χ0) is 26.1. The Balaban J connectivity index is 1.54. The van der Waals surface area contributed by atoms with Crippen molar-refractivity contribution in [3.63, 3.8) is 0 Å². The molecule has 1 aliphatic carbocycles. The van der Waals surface area contributed by atoms with Crippen LogP contribution >= 0.6 is 11.3 Å². The molecule has 2 heterocycles. The zero-order valence-electron chi connectivity index (χ0n) is 19.1. The second-order valence-electron chi connectivity index (χ2n) is 8.80. The van der Waals surface area contributed by atoms with Gasteiger partial charge in [0.25, 0.3) is 5.91 Å². The van der Waals surface area contributed by atoms with E-state index in [0.717, 1.165) is 10.2 Å². The van der Waals surface area contributed by atoms with E-state index in [4.69, 9.17) is 0 Å². The molecule has 4 atom stereocenters. The van der Waals surface area contributed by atoms with Crippen molar-refractivity contribution in [2.45, 2.75) is 56.3 Å². The van der Waals surface area contributed by atoms with Crippen molar-refractivity contribution in [1.29, 1.82) is 0 Å². The van der Waals surface area contributed by atoms with Gasteiger partial charge in [0.15, 0.2) is 11.8 Å². The summed E-state index contributed by atoms with van der Waals surface area (Å²) in [6.07, 6.45) is -6.46. The van der Waals surface area contributed by atoms with Gasteiger partial charge in [0.1, 0.15) is 12.0 Å². The topological polar surface area (TPSA) is 99.2 Å². The van der Waals surface area contributed by atoms with Crippen molar-refractivity contribution in [3.8, 4) is 0 Å². The quantitative estimate of drug-likeness (QED) is 0.303. The van der Waals surface area contributed by atoms with Crippen LogP contribution in [0.4, 0.5) is 39.1 Å². The van der Waals surface area contributed by atoms with E-state index in [0.29, 0.717) is 37.7 Å². The van der Waals surface area contributed by atoms with Crippen LogP contribution < -0.4 is 16.0 Å². The maximum atomic E-state index is 14.3. The lowest BCUT2D eigenvalue weighted by Gasteiger charge is -2.29. The Hall–Kier alpha value is -3.06. The molecule has 0 radical (unpaired) electrons. The number of carbonyl (C=O) groups is 1. The summed E-state index contributed by atoms with van der Waals surface area (Å²) >= 11 is 1.46. The SMILES string of the molecule is CC(O)(C(F)CNC(=O)c1cnc(Nc2ccc3ncsc3c2)cc1NC1CCCC1F)C(F)(F)F. The van der Waals surface area contributed by atoms with Crippen LogP contribution in [0, 0.1) is 0 Å². The van der Waals surface area contributed by atoms with Gasteiger partial charge in [0.05, 0.1) is 39.6 Å². The van der Waals surface area contributed by atoms with Crippen molar-refractivity contribution in [3.05, 3.63) is 41.5 Å². The molecule has 4 unspecified atom stereocenters. The summed E-state index contributed by atoms with van der Waals surface area (Å²) in [4.78, 5) is 21.2. The predicted molar refractivity (Wildman–Crippen MR) is 127 cm³/mol. The minimum absolute atomic E-state index is 0.101. The van der Waals surface area contributed by atoms with E-state index in [-0.39, 0.29) is 11.3 Å².